The average molecular weight is 398 g/mol. The number of ether oxygens (including phenoxy) is 1. The van der Waals surface area contributed by atoms with Gasteiger partial charge >= 0.3 is 6.09 Å². The summed E-state index contributed by atoms with van der Waals surface area (Å²) in [6, 6.07) is 12.6. The molecule has 2 N–H and O–H groups in total. The summed E-state index contributed by atoms with van der Waals surface area (Å²) in [5.74, 6) is 0.620. The Morgan fingerprint density at radius 2 is 1.79 bits per heavy atom. The van der Waals surface area contributed by atoms with E-state index in [4.69, 9.17) is 4.74 Å². The van der Waals surface area contributed by atoms with Crippen LogP contribution in [0.3, 0.4) is 0 Å². The number of nitrogens with one attached hydrogen (secondary N) is 2. The third-order valence-electron chi connectivity index (χ3n) is 4.82. The van der Waals surface area contributed by atoms with Crippen molar-refractivity contribution in [3.05, 3.63) is 54.4 Å². The number of likely N-dealkylation sites (tertiary alicyclic amines) is 1. The zero-order valence-corrected chi connectivity index (χ0v) is 17.5. The van der Waals surface area contributed by atoms with E-state index in [0.29, 0.717) is 31.6 Å². The molecule has 0 unspecified atom stereocenters. The Labute approximate surface area is 172 Å². The van der Waals surface area contributed by atoms with Crippen molar-refractivity contribution in [3.8, 4) is 0 Å². The van der Waals surface area contributed by atoms with Crippen LogP contribution in [-0.4, -0.2) is 52.2 Å². The van der Waals surface area contributed by atoms with Crippen LogP contribution in [0.2, 0.25) is 0 Å². The second-order valence-corrected chi connectivity index (χ2v) is 8.32. The lowest BCUT2D eigenvalue weighted by Crippen LogP contribution is -2.48. The highest BCUT2D eigenvalue weighted by Gasteiger charge is 2.28. The third kappa shape index (κ3) is 6.71. The summed E-state index contributed by atoms with van der Waals surface area (Å²) in [5, 5.41) is 7.07. The molecule has 2 aromatic rings. The minimum Gasteiger partial charge on any atom is -0.444 e. The molecule has 1 aromatic carbocycles. The molecule has 7 heteroatoms. The molecule has 0 saturated carbocycles. The van der Waals surface area contributed by atoms with Crippen molar-refractivity contribution in [3.63, 3.8) is 0 Å². The van der Waals surface area contributed by atoms with Crippen molar-refractivity contribution in [1.82, 2.24) is 20.2 Å². The van der Waals surface area contributed by atoms with E-state index in [2.05, 4.69) is 32.7 Å². The Morgan fingerprint density at radius 1 is 1.14 bits per heavy atom. The molecule has 1 atom stereocenters. The van der Waals surface area contributed by atoms with E-state index in [0.717, 1.165) is 12.8 Å². The van der Waals surface area contributed by atoms with Crippen LogP contribution in [0.4, 0.5) is 10.7 Å². The highest BCUT2D eigenvalue weighted by molar-refractivity contribution is 5.68. The third-order valence-corrected chi connectivity index (χ3v) is 4.82. The van der Waals surface area contributed by atoms with Gasteiger partial charge in [-0.15, -0.1) is 0 Å². The van der Waals surface area contributed by atoms with Gasteiger partial charge in [0.2, 0.25) is 5.95 Å². The number of benzene rings is 1. The highest BCUT2D eigenvalue weighted by Crippen LogP contribution is 2.20. The van der Waals surface area contributed by atoms with Gasteiger partial charge in [0.1, 0.15) is 5.60 Å². The van der Waals surface area contributed by atoms with Gasteiger partial charge in [-0.25, -0.2) is 14.8 Å². The van der Waals surface area contributed by atoms with E-state index in [1.807, 2.05) is 39.0 Å². The predicted molar refractivity (Wildman–Crippen MR) is 114 cm³/mol. The first-order valence-electron chi connectivity index (χ1n) is 10.2. The predicted octanol–water partition coefficient (Wildman–Crippen LogP) is 3.62. The molecule has 156 valence electrons. The number of amides is 1. The van der Waals surface area contributed by atoms with Gasteiger partial charge in [0.15, 0.2) is 0 Å². The fourth-order valence-corrected chi connectivity index (χ4v) is 3.38. The van der Waals surface area contributed by atoms with E-state index < -0.39 is 5.60 Å². The second-order valence-electron chi connectivity index (χ2n) is 8.32. The molecule has 1 aliphatic heterocycles. The van der Waals surface area contributed by atoms with Crippen molar-refractivity contribution in [2.45, 2.75) is 51.3 Å². The Hall–Kier alpha value is -2.67. The fourth-order valence-electron chi connectivity index (χ4n) is 3.38. The van der Waals surface area contributed by atoms with Gasteiger partial charge in [-0.05, 0) is 45.2 Å². The molecule has 1 fully saturated rings. The Balaban J connectivity index is 1.56. The molecule has 3 rings (SSSR count). The quantitative estimate of drug-likeness (QED) is 0.775. The Kier molecular flexibility index (Phi) is 7.04. The summed E-state index contributed by atoms with van der Waals surface area (Å²) in [6.07, 6.45) is 5.02. The van der Waals surface area contributed by atoms with Crippen LogP contribution in [0.15, 0.2) is 48.8 Å². The van der Waals surface area contributed by atoms with E-state index in [-0.39, 0.29) is 12.1 Å². The number of carbonyl (C=O) groups excluding carboxylic acids is 1. The molecule has 29 heavy (non-hydrogen) atoms. The molecule has 1 amide bonds. The van der Waals surface area contributed by atoms with Gasteiger partial charge in [-0.3, -0.25) is 0 Å². The van der Waals surface area contributed by atoms with Crippen LogP contribution in [0.1, 0.15) is 45.2 Å². The average Bonchev–Trinajstić information content (AvgIpc) is 2.71. The molecule has 2 heterocycles. The maximum atomic E-state index is 12.3. The smallest absolute Gasteiger partial charge is 0.410 e. The normalized spacial score (nSPS) is 16.3. The lowest BCUT2D eigenvalue weighted by atomic mass is 10.0. The molecule has 0 bridgehead atoms. The fraction of sp³-hybridized carbons (Fsp3) is 0.500. The first kappa shape index (κ1) is 21.0. The van der Waals surface area contributed by atoms with Crippen LogP contribution in [0, 0.1) is 0 Å². The summed E-state index contributed by atoms with van der Waals surface area (Å²) >= 11 is 0. The Morgan fingerprint density at radius 3 is 2.41 bits per heavy atom. The standard InChI is InChI=1S/C22H31N5O2/c1-22(2,3)29-21(28)27-14-10-18(11-15-27)26-19(17-8-5-4-6-9-17)16-25-20-23-12-7-13-24-20/h4-9,12-13,18-19,26H,10-11,14-16H2,1-3H3,(H,23,24,25)/t19-/m0/s1. The summed E-state index contributed by atoms with van der Waals surface area (Å²) in [5.41, 5.74) is 0.751. The molecule has 0 aliphatic carbocycles. The van der Waals surface area contributed by atoms with Crippen LogP contribution >= 0.6 is 0 Å². The van der Waals surface area contributed by atoms with Gasteiger partial charge < -0.3 is 20.3 Å². The van der Waals surface area contributed by atoms with E-state index in [1.165, 1.54) is 5.56 Å². The molecule has 1 saturated heterocycles. The Bertz CT molecular complexity index is 756. The SMILES string of the molecule is CC(C)(C)OC(=O)N1CCC(N[C@@H](CNc2ncccn2)c2ccccc2)CC1. The summed E-state index contributed by atoms with van der Waals surface area (Å²) in [6.45, 7) is 7.76. The number of piperidine rings is 1. The molecular formula is C22H31N5O2. The number of aromatic nitrogens is 2. The summed E-state index contributed by atoms with van der Waals surface area (Å²) < 4.78 is 5.49. The monoisotopic (exact) mass is 397 g/mol. The number of anilines is 1. The molecule has 1 aliphatic rings. The zero-order chi connectivity index (χ0) is 20.7. The van der Waals surface area contributed by atoms with Gasteiger partial charge in [-0.2, -0.15) is 0 Å². The first-order valence-corrected chi connectivity index (χ1v) is 10.2. The maximum Gasteiger partial charge on any atom is 0.410 e. The van der Waals surface area contributed by atoms with Gasteiger partial charge in [0, 0.05) is 44.1 Å². The molecule has 1 aromatic heterocycles. The van der Waals surface area contributed by atoms with Crippen molar-refractivity contribution >= 4 is 12.0 Å². The van der Waals surface area contributed by atoms with Crippen LogP contribution in [-0.2, 0) is 4.74 Å². The minimum atomic E-state index is -0.463. The van der Waals surface area contributed by atoms with Crippen LogP contribution < -0.4 is 10.6 Å². The number of hydrogen-bond acceptors (Lipinski definition) is 6. The van der Waals surface area contributed by atoms with Gasteiger partial charge in [0.05, 0.1) is 0 Å². The number of rotatable bonds is 6. The van der Waals surface area contributed by atoms with Crippen molar-refractivity contribution in [2.24, 2.45) is 0 Å². The summed E-state index contributed by atoms with van der Waals surface area (Å²) in [4.78, 5) is 22.6. The number of nitrogens with zero attached hydrogens (tertiary/aromatic N) is 3. The highest BCUT2D eigenvalue weighted by atomic mass is 16.6. The van der Waals surface area contributed by atoms with E-state index in [9.17, 15) is 4.79 Å². The van der Waals surface area contributed by atoms with Crippen LogP contribution in [0.25, 0.3) is 0 Å². The molecule has 0 spiro atoms. The molecular weight excluding hydrogens is 366 g/mol. The maximum absolute atomic E-state index is 12.3. The first-order chi connectivity index (χ1) is 13.9. The van der Waals surface area contributed by atoms with E-state index >= 15 is 0 Å². The number of hydrogen-bond donors (Lipinski definition) is 2. The van der Waals surface area contributed by atoms with Gasteiger partial charge in [-0.1, -0.05) is 30.3 Å². The van der Waals surface area contributed by atoms with Crippen molar-refractivity contribution < 1.29 is 9.53 Å². The lowest BCUT2D eigenvalue weighted by molar-refractivity contribution is 0.0196. The summed E-state index contributed by atoms with van der Waals surface area (Å²) in [7, 11) is 0. The van der Waals surface area contributed by atoms with E-state index in [1.54, 1.807) is 23.4 Å². The zero-order valence-electron chi connectivity index (χ0n) is 17.5. The molecule has 0 radical (unpaired) electrons. The largest absolute Gasteiger partial charge is 0.444 e. The van der Waals surface area contributed by atoms with Gasteiger partial charge in [0.25, 0.3) is 0 Å². The van der Waals surface area contributed by atoms with Crippen molar-refractivity contribution in [2.75, 3.05) is 25.0 Å². The lowest BCUT2D eigenvalue weighted by Gasteiger charge is -2.35. The van der Waals surface area contributed by atoms with Crippen LogP contribution in [0.5, 0.6) is 0 Å². The minimum absolute atomic E-state index is 0.123. The molecule has 7 nitrogen and oxygen atoms in total. The van der Waals surface area contributed by atoms with Crippen molar-refractivity contribution in [1.29, 1.82) is 0 Å². The number of carbonyl (C=O) groups is 1. The topological polar surface area (TPSA) is 79.4 Å². The second kappa shape index (κ2) is 9.69.